The van der Waals surface area contributed by atoms with E-state index >= 15 is 0 Å². The molecule has 16 heavy (non-hydrogen) atoms. The molecule has 1 rings (SSSR count). The number of hydrogen-bond acceptors (Lipinski definition) is 3. The summed E-state index contributed by atoms with van der Waals surface area (Å²) in [5.74, 6) is 0.209. The van der Waals surface area contributed by atoms with Gasteiger partial charge in [0.2, 0.25) is 0 Å². The second-order valence-corrected chi connectivity index (χ2v) is 4.58. The molecule has 6 heteroatoms. The summed E-state index contributed by atoms with van der Waals surface area (Å²) < 4.78 is 0. The van der Waals surface area contributed by atoms with Crippen LogP contribution in [-0.2, 0) is 0 Å². The smallest absolute Gasteiger partial charge is 0.134 e. The number of nitrogens with zero attached hydrogens (tertiary/aromatic N) is 3. The molecule has 1 heterocycles. The fourth-order valence-corrected chi connectivity index (χ4v) is 2.53. The largest absolute Gasteiger partial charge is 0.300 e. The Bertz CT molecular complexity index is 311. The van der Waals surface area contributed by atoms with Gasteiger partial charge in [-0.15, -0.1) is 11.6 Å². The van der Waals surface area contributed by atoms with Crippen LogP contribution in [0.3, 0.4) is 0 Å². The van der Waals surface area contributed by atoms with Crippen molar-refractivity contribution in [3.8, 4) is 0 Å². The van der Waals surface area contributed by atoms with Crippen molar-refractivity contribution in [2.45, 2.75) is 32.4 Å². The molecule has 0 aromatic rings. The van der Waals surface area contributed by atoms with E-state index in [0.717, 1.165) is 24.2 Å². The molecule has 0 aliphatic carbocycles. The van der Waals surface area contributed by atoms with Crippen LogP contribution >= 0.6 is 11.6 Å². The van der Waals surface area contributed by atoms with E-state index < -0.39 is 5.50 Å². The van der Waals surface area contributed by atoms with Gasteiger partial charge in [0.25, 0.3) is 0 Å². The lowest BCUT2D eigenvalue weighted by molar-refractivity contribution is 0.425. The van der Waals surface area contributed by atoms with Crippen molar-refractivity contribution < 1.29 is 0 Å². The topological polar surface area (TPSA) is 72.8 Å². The van der Waals surface area contributed by atoms with Gasteiger partial charge in [0.1, 0.15) is 5.50 Å². The Balaban J connectivity index is 2.85. The molecule has 2 atom stereocenters. The minimum Gasteiger partial charge on any atom is -0.300 e. The lowest BCUT2D eigenvalue weighted by Crippen LogP contribution is -2.39. The van der Waals surface area contributed by atoms with E-state index in [1.54, 1.807) is 0 Å². The zero-order valence-electron chi connectivity index (χ0n) is 9.87. The number of alkyl halides is 1. The maximum Gasteiger partial charge on any atom is 0.134 e. The van der Waals surface area contributed by atoms with Crippen LogP contribution in [-0.4, -0.2) is 24.8 Å². The molecule has 1 aliphatic rings. The van der Waals surface area contributed by atoms with Gasteiger partial charge in [-0.3, -0.25) is 0 Å². The lowest BCUT2D eigenvalue weighted by atomic mass is 9.94. The van der Waals surface area contributed by atoms with Crippen molar-refractivity contribution in [2.75, 3.05) is 13.1 Å². The van der Waals surface area contributed by atoms with Crippen molar-refractivity contribution >= 4 is 11.6 Å². The zero-order valence-corrected chi connectivity index (χ0v) is 10.6. The monoisotopic (exact) mass is 243 g/mol. The molecule has 0 spiro atoms. The summed E-state index contributed by atoms with van der Waals surface area (Å²) >= 11 is 6.08. The van der Waals surface area contributed by atoms with Crippen LogP contribution < -0.4 is 10.6 Å². The Labute approximate surface area is 101 Å². The average Bonchev–Trinajstić information content (AvgIpc) is 2.70. The van der Waals surface area contributed by atoms with Crippen LogP contribution in [0.5, 0.6) is 0 Å². The first kappa shape index (κ1) is 13.3. The normalized spacial score (nSPS) is 20.0. The first-order chi connectivity index (χ1) is 7.57. The number of nitrogens with one attached hydrogen (secondary N) is 2. The number of hydrogen-bond donors (Lipinski definition) is 2. The van der Waals surface area contributed by atoms with E-state index in [1.807, 2.05) is 13.8 Å². The standard InChI is InChI=1S/C10H18ClN5/c1-6(2)8(9(11)15-16-12)7(3)10-13-4-5-14-10/h7,9-10,13-14H,4-5H2,1-3H3. The van der Waals surface area contributed by atoms with E-state index in [-0.39, 0.29) is 12.1 Å². The summed E-state index contributed by atoms with van der Waals surface area (Å²) in [6, 6.07) is 0. The van der Waals surface area contributed by atoms with Gasteiger partial charge in [-0.2, -0.15) is 0 Å². The first-order valence-corrected chi connectivity index (χ1v) is 5.84. The van der Waals surface area contributed by atoms with Crippen LogP contribution in [0.1, 0.15) is 20.8 Å². The van der Waals surface area contributed by atoms with Crippen LogP contribution in [0.4, 0.5) is 0 Å². The summed E-state index contributed by atoms with van der Waals surface area (Å²) in [7, 11) is 0. The third kappa shape index (κ3) is 3.12. The molecule has 0 aromatic heterocycles. The van der Waals surface area contributed by atoms with E-state index in [1.165, 1.54) is 0 Å². The van der Waals surface area contributed by atoms with Gasteiger partial charge in [-0.1, -0.05) is 17.6 Å². The lowest BCUT2D eigenvalue weighted by Gasteiger charge is -2.25. The molecule has 0 aromatic carbocycles. The SMILES string of the molecule is CC(C)=C(C(Cl)N=[N+]=[N-])C(C)C1NCCN1. The molecule has 0 saturated carbocycles. The van der Waals surface area contributed by atoms with Gasteiger partial charge >= 0.3 is 0 Å². The van der Waals surface area contributed by atoms with Crippen LogP contribution in [0.15, 0.2) is 16.3 Å². The maximum atomic E-state index is 8.43. The molecule has 90 valence electrons. The second-order valence-electron chi connectivity index (χ2n) is 4.17. The van der Waals surface area contributed by atoms with Gasteiger partial charge in [0.15, 0.2) is 0 Å². The molecule has 0 amide bonds. The maximum absolute atomic E-state index is 8.43. The molecule has 2 unspecified atom stereocenters. The van der Waals surface area contributed by atoms with Crippen molar-refractivity contribution in [1.29, 1.82) is 0 Å². The Hall–Kier alpha value is -0.740. The molecule has 1 saturated heterocycles. The van der Waals surface area contributed by atoms with Gasteiger partial charge in [-0.05, 0) is 25.0 Å². The van der Waals surface area contributed by atoms with Gasteiger partial charge in [0, 0.05) is 23.9 Å². The highest BCUT2D eigenvalue weighted by Gasteiger charge is 2.27. The Morgan fingerprint density at radius 1 is 1.44 bits per heavy atom. The Morgan fingerprint density at radius 3 is 2.44 bits per heavy atom. The summed E-state index contributed by atoms with van der Waals surface area (Å²) in [6.45, 7) is 7.98. The molecule has 0 radical (unpaired) electrons. The Kier molecular flexibility index (Phi) is 5.09. The highest BCUT2D eigenvalue weighted by molar-refractivity contribution is 6.22. The summed E-state index contributed by atoms with van der Waals surface area (Å²) in [4.78, 5) is 2.77. The van der Waals surface area contributed by atoms with E-state index in [0.29, 0.717) is 0 Å². The molecular weight excluding hydrogens is 226 g/mol. The fourth-order valence-electron chi connectivity index (χ4n) is 2.08. The van der Waals surface area contributed by atoms with Crippen LogP contribution in [0.25, 0.3) is 10.4 Å². The van der Waals surface area contributed by atoms with Gasteiger partial charge in [0.05, 0.1) is 6.17 Å². The summed E-state index contributed by atoms with van der Waals surface area (Å²) in [6.07, 6.45) is 0.208. The third-order valence-corrected chi connectivity index (χ3v) is 3.15. The average molecular weight is 244 g/mol. The van der Waals surface area contributed by atoms with Crippen molar-refractivity contribution in [3.05, 3.63) is 21.6 Å². The van der Waals surface area contributed by atoms with Crippen molar-refractivity contribution in [3.63, 3.8) is 0 Å². The second kappa shape index (κ2) is 6.11. The van der Waals surface area contributed by atoms with Crippen LogP contribution in [0, 0.1) is 5.92 Å². The van der Waals surface area contributed by atoms with Crippen molar-refractivity contribution in [1.82, 2.24) is 10.6 Å². The van der Waals surface area contributed by atoms with E-state index in [2.05, 4.69) is 27.6 Å². The number of allylic oxidation sites excluding steroid dienone is 1. The quantitative estimate of drug-likeness (QED) is 0.199. The van der Waals surface area contributed by atoms with E-state index in [4.69, 9.17) is 17.1 Å². The minimum atomic E-state index is -0.603. The predicted octanol–water partition coefficient (Wildman–Crippen LogP) is 2.35. The number of azide groups is 1. The minimum absolute atomic E-state index is 0.208. The number of halogens is 1. The molecule has 2 N–H and O–H groups in total. The number of rotatable bonds is 4. The molecule has 1 aliphatic heterocycles. The summed E-state index contributed by atoms with van der Waals surface area (Å²) in [5, 5.41) is 10.3. The van der Waals surface area contributed by atoms with Gasteiger partial charge < -0.3 is 10.6 Å². The summed E-state index contributed by atoms with van der Waals surface area (Å²) in [5.41, 5.74) is 9.93. The van der Waals surface area contributed by atoms with E-state index in [9.17, 15) is 0 Å². The Morgan fingerprint density at radius 2 is 2.00 bits per heavy atom. The first-order valence-electron chi connectivity index (χ1n) is 5.40. The molecule has 5 nitrogen and oxygen atoms in total. The zero-order chi connectivity index (χ0) is 12.1. The predicted molar refractivity (Wildman–Crippen MR) is 66.1 cm³/mol. The third-order valence-electron chi connectivity index (χ3n) is 2.83. The molecule has 1 fully saturated rings. The molecule has 0 bridgehead atoms. The fraction of sp³-hybridized carbons (Fsp3) is 0.800. The van der Waals surface area contributed by atoms with Gasteiger partial charge in [-0.25, -0.2) is 0 Å². The van der Waals surface area contributed by atoms with Crippen molar-refractivity contribution in [2.24, 2.45) is 11.0 Å². The molecular formula is C10H18ClN5. The highest BCUT2D eigenvalue weighted by atomic mass is 35.5. The van der Waals surface area contributed by atoms with Crippen LogP contribution in [0.2, 0.25) is 0 Å². The highest BCUT2D eigenvalue weighted by Crippen LogP contribution is 2.26.